The molecule has 1 aliphatic rings. The van der Waals surface area contributed by atoms with Gasteiger partial charge in [0.1, 0.15) is 5.56 Å². The normalized spacial score (nSPS) is 18.9. The van der Waals surface area contributed by atoms with E-state index in [0.717, 1.165) is 6.42 Å². The minimum Gasteiger partial charge on any atom is -0.375 e. The van der Waals surface area contributed by atoms with Crippen molar-refractivity contribution < 1.29 is 14.5 Å². The Morgan fingerprint density at radius 2 is 2.45 bits per heavy atom. The molecule has 0 spiro atoms. The van der Waals surface area contributed by atoms with Gasteiger partial charge in [0.25, 0.3) is 5.91 Å². The Labute approximate surface area is 120 Å². The largest absolute Gasteiger partial charge is 0.375 e. The quantitative estimate of drug-likeness (QED) is 0.483. The molecule has 1 atom stereocenters. The van der Waals surface area contributed by atoms with E-state index in [0.29, 0.717) is 19.7 Å². The zero-order valence-corrected chi connectivity index (χ0v) is 11.7. The van der Waals surface area contributed by atoms with E-state index in [1.807, 2.05) is 6.92 Å². The fraction of sp³-hybridized carbons (Fsp3) is 0.500. The summed E-state index contributed by atoms with van der Waals surface area (Å²) in [4.78, 5) is 28.0. The third kappa shape index (κ3) is 2.88. The predicted molar refractivity (Wildman–Crippen MR) is 71.8 cm³/mol. The van der Waals surface area contributed by atoms with Gasteiger partial charge in [-0.25, -0.2) is 4.98 Å². The summed E-state index contributed by atoms with van der Waals surface area (Å²) in [7, 11) is 0. The topological polar surface area (TPSA) is 85.6 Å². The Morgan fingerprint density at radius 1 is 1.70 bits per heavy atom. The van der Waals surface area contributed by atoms with Crippen molar-refractivity contribution in [2.75, 3.05) is 19.7 Å². The minimum absolute atomic E-state index is 0.0354. The van der Waals surface area contributed by atoms with Crippen LogP contribution in [0.4, 0.5) is 5.69 Å². The Balaban J connectivity index is 2.29. The molecule has 2 rings (SSSR count). The second-order valence-electron chi connectivity index (χ2n) is 4.41. The molecular weight excluding hydrogens is 286 g/mol. The van der Waals surface area contributed by atoms with Crippen LogP contribution < -0.4 is 0 Å². The van der Waals surface area contributed by atoms with Crippen LogP contribution in [0.25, 0.3) is 0 Å². The van der Waals surface area contributed by atoms with Crippen LogP contribution in [0.1, 0.15) is 23.7 Å². The van der Waals surface area contributed by atoms with Crippen LogP contribution in [0.2, 0.25) is 5.15 Å². The number of rotatable bonds is 3. The number of carbonyl (C=O) groups excluding carboxylic acids is 1. The van der Waals surface area contributed by atoms with Gasteiger partial charge in [-0.1, -0.05) is 18.5 Å². The summed E-state index contributed by atoms with van der Waals surface area (Å²) in [6.45, 7) is 3.22. The third-order valence-electron chi connectivity index (χ3n) is 3.17. The van der Waals surface area contributed by atoms with Crippen molar-refractivity contribution in [3.05, 3.63) is 33.1 Å². The van der Waals surface area contributed by atoms with Crippen LogP contribution in [0.15, 0.2) is 12.3 Å². The Hall–Kier alpha value is -1.73. The molecule has 1 aromatic rings. The van der Waals surface area contributed by atoms with Crippen LogP contribution in [0.5, 0.6) is 0 Å². The van der Waals surface area contributed by atoms with E-state index in [-0.39, 0.29) is 16.8 Å². The van der Waals surface area contributed by atoms with Crippen molar-refractivity contribution in [3.8, 4) is 0 Å². The van der Waals surface area contributed by atoms with E-state index in [4.69, 9.17) is 16.3 Å². The number of morpholine rings is 1. The number of ether oxygens (including phenoxy) is 1. The van der Waals surface area contributed by atoms with Gasteiger partial charge in [-0.3, -0.25) is 14.9 Å². The molecule has 2 heterocycles. The van der Waals surface area contributed by atoms with Gasteiger partial charge in [-0.15, -0.1) is 0 Å². The summed E-state index contributed by atoms with van der Waals surface area (Å²) in [5.41, 5.74) is -0.481. The molecule has 1 fully saturated rings. The molecular formula is C12H14ClN3O4. The van der Waals surface area contributed by atoms with Crippen molar-refractivity contribution >= 4 is 23.2 Å². The molecule has 1 unspecified atom stereocenters. The Morgan fingerprint density at radius 3 is 3.10 bits per heavy atom. The van der Waals surface area contributed by atoms with Gasteiger partial charge >= 0.3 is 5.69 Å². The van der Waals surface area contributed by atoms with Gasteiger partial charge in [0, 0.05) is 19.3 Å². The molecule has 7 nitrogen and oxygen atoms in total. The minimum atomic E-state index is -0.680. The first-order chi connectivity index (χ1) is 9.54. The molecule has 1 aliphatic heterocycles. The second kappa shape index (κ2) is 6.15. The second-order valence-corrected chi connectivity index (χ2v) is 4.77. The lowest BCUT2D eigenvalue weighted by molar-refractivity contribution is -0.385. The average Bonchev–Trinajstić information content (AvgIpc) is 2.45. The third-order valence-corrected chi connectivity index (χ3v) is 3.45. The van der Waals surface area contributed by atoms with Crippen molar-refractivity contribution in [3.63, 3.8) is 0 Å². The van der Waals surface area contributed by atoms with Crippen molar-refractivity contribution in [2.24, 2.45) is 0 Å². The highest BCUT2D eigenvalue weighted by molar-refractivity contribution is 6.32. The highest BCUT2D eigenvalue weighted by Crippen LogP contribution is 2.27. The lowest BCUT2D eigenvalue weighted by atomic mass is 10.1. The molecule has 0 saturated carbocycles. The molecule has 8 heteroatoms. The molecule has 0 radical (unpaired) electrons. The monoisotopic (exact) mass is 299 g/mol. The van der Waals surface area contributed by atoms with Crippen LogP contribution in [-0.4, -0.2) is 46.5 Å². The van der Waals surface area contributed by atoms with E-state index in [1.54, 1.807) is 4.90 Å². The fourth-order valence-electron chi connectivity index (χ4n) is 2.10. The van der Waals surface area contributed by atoms with E-state index in [1.165, 1.54) is 12.3 Å². The van der Waals surface area contributed by atoms with Crippen LogP contribution in [-0.2, 0) is 4.74 Å². The Kier molecular flexibility index (Phi) is 4.51. The first kappa shape index (κ1) is 14.7. The molecule has 0 aliphatic carbocycles. The first-order valence-electron chi connectivity index (χ1n) is 6.24. The van der Waals surface area contributed by atoms with Crippen molar-refractivity contribution in [2.45, 2.75) is 19.4 Å². The highest BCUT2D eigenvalue weighted by atomic mass is 35.5. The maximum Gasteiger partial charge on any atom is 0.319 e. The maximum atomic E-state index is 12.4. The smallest absolute Gasteiger partial charge is 0.319 e. The number of aromatic nitrogens is 1. The van der Waals surface area contributed by atoms with Crippen LogP contribution >= 0.6 is 11.6 Å². The number of amides is 1. The molecule has 0 N–H and O–H groups in total. The summed E-state index contributed by atoms with van der Waals surface area (Å²) in [6.07, 6.45) is 2.03. The number of hydrogen-bond donors (Lipinski definition) is 0. The molecule has 0 bridgehead atoms. The summed E-state index contributed by atoms with van der Waals surface area (Å²) in [5, 5.41) is 10.8. The first-order valence-corrected chi connectivity index (χ1v) is 6.62. The summed E-state index contributed by atoms with van der Waals surface area (Å²) in [6, 6.07) is 1.32. The van der Waals surface area contributed by atoms with Gasteiger partial charge < -0.3 is 9.64 Å². The van der Waals surface area contributed by atoms with E-state index in [2.05, 4.69) is 4.98 Å². The summed E-state index contributed by atoms with van der Waals surface area (Å²) in [5.74, 6) is -0.414. The van der Waals surface area contributed by atoms with Gasteiger partial charge in [0.15, 0.2) is 0 Å². The maximum absolute atomic E-state index is 12.4. The number of pyridine rings is 1. The average molecular weight is 300 g/mol. The predicted octanol–water partition coefficient (Wildman–Crippen LogP) is 1.89. The lowest BCUT2D eigenvalue weighted by Gasteiger charge is -2.32. The number of halogens is 1. The fourth-order valence-corrected chi connectivity index (χ4v) is 2.32. The SMILES string of the molecule is CCC1CN(C(=O)c2ccnc(Cl)c2[N+](=O)[O-])CCO1. The molecule has 1 amide bonds. The van der Waals surface area contributed by atoms with E-state index >= 15 is 0 Å². The van der Waals surface area contributed by atoms with E-state index < -0.39 is 16.5 Å². The van der Waals surface area contributed by atoms with Crippen LogP contribution in [0.3, 0.4) is 0 Å². The van der Waals surface area contributed by atoms with Gasteiger partial charge in [0.05, 0.1) is 17.6 Å². The van der Waals surface area contributed by atoms with Crippen LogP contribution in [0, 0.1) is 10.1 Å². The standard InChI is InChI=1S/C12H14ClN3O4/c1-2-8-7-15(5-6-20-8)12(17)9-3-4-14-11(13)10(9)16(18)19/h3-4,8H,2,5-7H2,1H3. The van der Waals surface area contributed by atoms with Gasteiger partial charge in [-0.05, 0) is 12.5 Å². The number of nitro groups is 1. The summed E-state index contributed by atoms with van der Waals surface area (Å²) >= 11 is 5.72. The molecule has 20 heavy (non-hydrogen) atoms. The molecule has 108 valence electrons. The number of hydrogen-bond acceptors (Lipinski definition) is 5. The Bertz CT molecular complexity index is 537. The van der Waals surface area contributed by atoms with Crippen molar-refractivity contribution in [1.29, 1.82) is 0 Å². The number of carbonyl (C=O) groups is 1. The van der Waals surface area contributed by atoms with Gasteiger partial charge in [-0.2, -0.15) is 0 Å². The van der Waals surface area contributed by atoms with Crippen molar-refractivity contribution in [1.82, 2.24) is 9.88 Å². The lowest BCUT2D eigenvalue weighted by Crippen LogP contribution is -2.45. The summed E-state index contributed by atoms with van der Waals surface area (Å²) < 4.78 is 5.48. The highest BCUT2D eigenvalue weighted by Gasteiger charge is 2.30. The molecule has 0 aromatic carbocycles. The number of nitrogens with zero attached hydrogens (tertiary/aromatic N) is 3. The zero-order valence-electron chi connectivity index (χ0n) is 10.9. The van der Waals surface area contributed by atoms with E-state index in [9.17, 15) is 14.9 Å². The molecule has 1 saturated heterocycles. The van der Waals surface area contributed by atoms with Gasteiger partial charge in [0.2, 0.25) is 5.15 Å². The zero-order chi connectivity index (χ0) is 14.7. The molecule has 1 aromatic heterocycles.